The molecular weight excluding hydrogens is 242 g/mol. The van der Waals surface area contributed by atoms with Gasteiger partial charge in [0.1, 0.15) is 0 Å². The fraction of sp³-hybridized carbons (Fsp3) is 0.158. The first-order valence-electron chi connectivity index (χ1n) is 7.20. The van der Waals surface area contributed by atoms with Crippen molar-refractivity contribution < 1.29 is 0 Å². The number of nitrogens with one attached hydrogen (secondary N) is 1. The van der Waals surface area contributed by atoms with Crippen molar-refractivity contribution in [2.75, 3.05) is 5.32 Å². The van der Waals surface area contributed by atoms with E-state index in [0.29, 0.717) is 12.0 Å². The van der Waals surface area contributed by atoms with Crippen molar-refractivity contribution in [1.82, 2.24) is 0 Å². The van der Waals surface area contributed by atoms with E-state index < -0.39 is 0 Å². The van der Waals surface area contributed by atoms with Crippen LogP contribution >= 0.6 is 0 Å². The zero-order chi connectivity index (χ0) is 13.4. The highest BCUT2D eigenvalue weighted by atomic mass is 15.0. The van der Waals surface area contributed by atoms with Gasteiger partial charge in [0, 0.05) is 17.6 Å². The Balaban J connectivity index is 1.52. The van der Waals surface area contributed by atoms with Gasteiger partial charge < -0.3 is 5.32 Å². The van der Waals surface area contributed by atoms with Gasteiger partial charge in [-0.1, -0.05) is 60.7 Å². The Labute approximate surface area is 119 Å². The number of anilines is 1. The van der Waals surface area contributed by atoms with Gasteiger partial charge in [0.05, 0.1) is 0 Å². The van der Waals surface area contributed by atoms with E-state index >= 15 is 0 Å². The van der Waals surface area contributed by atoms with Crippen LogP contribution in [0, 0.1) is 0 Å². The van der Waals surface area contributed by atoms with Gasteiger partial charge in [-0.3, -0.25) is 0 Å². The first kappa shape index (κ1) is 11.5. The summed E-state index contributed by atoms with van der Waals surface area (Å²) in [6.07, 6.45) is 1.23. The quantitative estimate of drug-likeness (QED) is 0.712. The van der Waals surface area contributed by atoms with E-state index in [4.69, 9.17) is 0 Å². The number of hydrogen-bond donors (Lipinski definition) is 1. The van der Waals surface area contributed by atoms with Gasteiger partial charge >= 0.3 is 0 Å². The van der Waals surface area contributed by atoms with Crippen LogP contribution in [0.2, 0.25) is 0 Å². The number of rotatable bonds is 3. The normalized spacial score (nSPS) is 20.8. The van der Waals surface area contributed by atoms with Crippen molar-refractivity contribution in [3.8, 4) is 0 Å². The molecule has 0 bridgehead atoms. The van der Waals surface area contributed by atoms with Gasteiger partial charge in [0.2, 0.25) is 0 Å². The molecule has 1 aliphatic carbocycles. The minimum atomic E-state index is 0.582. The van der Waals surface area contributed by atoms with E-state index in [1.54, 1.807) is 0 Å². The molecule has 3 aromatic rings. The predicted molar refractivity (Wildman–Crippen MR) is 85.2 cm³/mol. The average molecular weight is 259 g/mol. The van der Waals surface area contributed by atoms with Crippen molar-refractivity contribution in [1.29, 1.82) is 0 Å². The monoisotopic (exact) mass is 259 g/mol. The molecule has 2 atom stereocenters. The maximum atomic E-state index is 3.66. The highest BCUT2D eigenvalue weighted by molar-refractivity contribution is 5.85. The Bertz CT molecular complexity index is 733. The van der Waals surface area contributed by atoms with Crippen LogP contribution in [-0.4, -0.2) is 6.04 Å². The highest BCUT2D eigenvalue weighted by Gasteiger charge is 2.38. The minimum Gasteiger partial charge on any atom is -0.382 e. The van der Waals surface area contributed by atoms with Gasteiger partial charge in [-0.25, -0.2) is 0 Å². The molecule has 0 amide bonds. The molecule has 1 N–H and O–H groups in total. The largest absolute Gasteiger partial charge is 0.382 e. The van der Waals surface area contributed by atoms with Gasteiger partial charge in [0.15, 0.2) is 0 Å². The fourth-order valence-electron chi connectivity index (χ4n) is 2.92. The van der Waals surface area contributed by atoms with Gasteiger partial charge in [0.25, 0.3) is 0 Å². The van der Waals surface area contributed by atoms with Crippen molar-refractivity contribution in [2.24, 2.45) is 0 Å². The summed E-state index contributed by atoms with van der Waals surface area (Å²) < 4.78 is 0. The smallest absolute Gasteiger partial charge is 0.0348 e. The van der Waals surface area contributed by atoms with Crippen LogP contribution in [0.4, 0.5) is 5.69 Å². The number of hydrogen-bond acceptors (Lipinski definition) is 1. The van der Waals surface area contributed by atoms with Crippen LogP contribution in [0.1, 0.15) is 17.9 Å². The Morgan fingerprint density at radius 2 is 1.50 bits per heavy atom. The summed E-state index contributed by atoms with van der Waals surface area (Å²) in [6.45, 7) is 0. The van der Waals surface area contributed by atoms with Crippen molar-refractivity contribution in [2.45, 2.75) is 18.4 Å². The summed E-state index contributed by atoms with van der Waals surface area (Å²) in [5, 5.41) is 6.26. The van der Waals surface area contributed by atoms with E-state index in [0.717, 1.165) is 0 Å². The molecule has 1 aliphatic rings. The summed E-state index contributed by atoms with van der Waals surface area (Å²) in [5.41, 5.74) is 2.68. The first-order chi connectivity index (χ1) is 9.90. The average Bonchev–Trinajstić information content (AvgIpc) is 3.27. The molecule has 0 heterocycles. The third kappa shape index (κ3) is 2.16. The Morgan fingerprint density at radius 3 is 2.35 bits per heavy atom. The van der Waals surface area contributed by atoms with E-state index in [2.05, 4.69) is 78.1 Å². The lowest BCUT2D eigenvalue weighted by Crippen LogP contribution is -2.03. The molecular formula is C19H17N. The van der Waals surface area contributed by atoms with E-state index in [9.17, 15) is 0 Å². The zero-order valence-electron chi connectivity index (χ0n) is 11.3. The van der Waals surface area contributed by atoms with E-state index in [1.165, 1.54) is 28.4 Å². The summed E-state index contributed by atoms with van der Waals surface area (Å²) in [6, 6.07) is 26.5. The van der Waals surface area contributed by atoms with Crippen LogP contribution in [0.15, 0.2) is 72.8 Å². The molecule has 0 spiro atoms. The third-order valence-electron chi connectivity index (χ3n) is 4.12. The van der Waals surface area contributed by atoms with Crippen molar-refractivity contribution >= 4 is 16.5 Å². The molecule has 0 saturated heterocycles. The predicted octanol–water partition coefficient (Wildman–Crippen LogP) is 4.81. The second-order valence-corrected chi connectivity index (χ2v) is 5.57. The maximum absolute atomic E-state index is 3.66. The molecule has 1 heteroatoms. The summed E-state index contributed by atoms with van der Waals surface area (Å²) >= 11 is 0. The summed E-state index contributed by atoms with van der Waals surface area (Å²) in [5.74, 6) is 0.669. The second-order valence-electron chi connectivity index (χ2n) is 5.57. The molecule has 4 rings (SSSR count). The molecule has 1 saturated carbocycles. The maximum Gasteiger partial charge on any atom is 0.0348 e. The van der Waals surface area contributed by atoms with Crippen LogP contribution in [-0.2, 0) is 0 Å². The number of benzene rings is 3. The highest BCUT2D eigenvalue weighted by Crippen LogP contribution is 2.42. The Morgan fingerprint density at radius 1 is 0.750 bits per heavy atom. The molecule has 1 nitrogen and oxygen atoms in total. The van der Waals surface area contributed by atoms with Crippen LogP contribution in [0.5, 0.6) is 0 Å². The fourth-order valence-corrected chi connectivity index (χ4v) is 2.92. The third-order valence-corrected chi connectivity index (χ3v) is 4.12. The molecule has 98 valence electrons. The SMILES string of the molecule is c1ccc(C2CC2Nc2ccc3ccccc3c2)cc1. The molecule has 0 radical (unpaired) electrons. The summed E-state index contributed by atoms with van der Waals surface area (Å²) in [4.78, 5) is 0. The molecule has 2 unspecified atom stereocenters. The zero-order valence-corrected chi connectivity index (χ0v) is 11.3. The lowest BCUT2D eigenvalue weighted by atomic mass is 10.1. The number of fused-ring (bicyclic) bond motifs is 1. The van der Waals surface area contributed by atoms with Crippen molar-refractivity contribution in [3.05, 3.63) is 78.4 Å². The molecule has 0 aromatic heterocycles. The minimum absolute atomic E-state index is 0.582. The standard InChI is InChI=1S/C19H17N/c1-2-7-15(8-3-1)18-13-19(18)20-17-11-10-14-6-4-5-9-16(14)12-17/h1-12,18-20H,13H2. The molecule has 1 fully saturated rings. The van der Waals surface area contributed by atoms with Gasteiger partial charge in [-0.05, 0) is 34.9 Å². The molecule has 20 heavy (non-hydrogen) atoms. The van der Waals surface area contributed by atoms with E-state index in [1.807, 2.05) is 0 Å². The van der Waals surface area contributed by atoms with Crippen molar-refractivity contribution in [3.63, 3.8) is 0 Å². The van der Waals surface area contributed by atoms with Gasteiger partial charge in [-0.2, -0.15) is 0 Å². The van der Waals surface area contributed by atoms with Crippen LogP contribution in [0.25, 0.3) is 10.8 Å². The molecule has 3 aromatic carbocycles. The van der Waals surface area contributed by atoms with Gasteiger partial charge in [-0.15, -0.1) is 0 Å². The van der Waals surface area contributed by atoms with E-state index in [-0.39, 0.29) is 0 Å². The lowest BCUT2D eigenvalue weighted by molar-refractivity contribution is 1.05. The molecule has 0 aliphatic heterocycles. The topological polar surface area (TPSA) is 12.0 Å². The Kier molecular flexibility index (Phi) is 2.70. The first-order valence-corrected chi connectivity index (χ1v) is 7.20. The van der Waals surface area contributed by atoms with Crippen LogP contribution in [0.3, 0.4) is 0 Å². The summed E-state index contributed by atoms with van der Waals surface area (Å²) in [7, 11) is 0. The lowest BCUT2D eigenvalue weighted by Gasteiger charge is -2.07. The van der Waals surface area contributed by atoms with Crippen LogP contribution < -0.4 is 5.32 Å². The Hall–Kier alpha value is -2.28. The second kappa shape index (κ2) is 4.68.